The Morgan fingerprint density at radius 2 is 1.87 bits per heavy atom. The Balaban J connectivity index is 2.32. The van der Waals surface area contributed by atoms with Gasteiger partial charge < -0.3 is 10.2 Å². The first-order valence-electron chi connectivity index (χ1n) is 7.92. The Morgan fingerprint density at radius 1 is 1.26 bits per heavy atom. The molecule has 4 nitrogen and oxygen atoms in total. The molecule has 126 valence electrons. The normalized spacial score (nSPS) is 21.5. The molecule has 2 unspecified atom stereocenters. The molecule has 1 aliphatic rings. The number of hydrogen-bond donors (Lipinski definition) is 2. The summed E-state index contributed by atoms with van der Waals surface area (Å²) in [6, 6.07) is 9.61. The van der Waals surface area contributed by atoms with Crippen molar-refractivity contribution in [3.8, 4) is 0 Å². The first-order chi connectivity index (χ1) is 10.9. The zero-order chi connectivity index (χ0) is 16.9. The van der Waals surface area contributed by atoms with Crippen LogP contribution in [-0.2, 0) is 9.36 Å². The lowest BCUT2D eigenvalue weighted by molar-refractivity contribution is -0.161. The van der Waals surface area contributed by atoms with E-state index >= 15 is 0 Å². The van der Waals surface area contributed by atoms with Crippen molar-refractivity contribution in [1.82, 2.24) is 0 Å². The Bertz CT molecular complexity index is 543. The molecule has 1 aromatic carbocycles. The minimum absolute atomic E-state index is 0.0577. The summed E-state index contributed by atoms with van der Waals surface area (Å²) in [6.45, 7) is 1.29. The van der Waals surface area contributed by atoms with E-state index in [0.717, 1.165) is 37.0 Å². The number of thioether (sulfide) groups is 1. The summed E-state index contributed by atoms with van der Waals surface area (Å²) in [5.74, 6) is -1.05. The van der Waals surface area contributed by atoms with Crippen LogP contribution >= 0.6 is 20.2 Å². The maximum absolute atomic E-state index is 12.2. The van der Waals surface area contributed by atoms with Crippen molar-refractivity contribution in [2.24, 2.45) is 5.92 Å². The highest BCUT2D eigenvalue weighted by Gasteiger charge is 2.58. The molecule has 2 atom stereocenters. The van der Waals surface area contributed by atoms with Gasteiger partial charge in [0, 0.05) is 10.6 Å². The van der Waals surface area contributed by atoms with Crippen LogP contribution in [0.4, 0.5) is 0 Å². The van der Waals surface area contributed by atoms with Crippen LogP contribution in [0.15, 0.2) is 35.2 Å². The molecule has 0 bridgehead atoms. The number of carboxylic acids is 1. The molecule has 1 aromatic rings. The Hall–Kier alpha value is -0.900. The molecule has 1 saturated carbocycles. The third-order valence-corrected chi connectivity index (χ3v) is 7.61. The molecule has 0 heterocycles. The van der Waals surface area contributed by atoms with Crippen LogP contribution in [0.2, 0.25) is 0 Å². The van der Waals surface area contributed by atoms with Gasteiger partial charge in [-0.1, -0.05) is 37.5 Å². The van der Waals surface area contributed by atoms with Crippen LogP contribution in [0, 0.1) is 5.92 Å². The van der Waals surface area contributed by atoms with E-state index in [1.54, 1.807) is 0 Å². The van der Waals surface area contributed by atoms with E-state index in [2.05, 4.69) is 0 Å². The molecule has 0 amide bonds. The highest BCUT2D eigenvalue weighted by atomic mass is 32.2. The summed E-state index contributed by atoms with van der Waals surface area (Å²) in [5, 5.41) is 19.1. The standard InChI is InChI=1S/C17H23O4PS/c1-16(20,15(18)19)17(22-21,13-8-4-2-5-9-13)12-23-14-10-6-3-7-11-14/h3,6-7,10-11,13,20H,2,4-5,8-9,12H2,1H3,(H,18,19). The zero-order valence-electron chi connectivity index (χ0n) is 13.3. The van der Waals surface area contributed by atoms with E-state index in [-0.39, 0.29) is 14.4 Å². The molecular weight excluding hydrogens is 331 g/mol. The maximum atomic E-state index is 12.2. The van der Waals surface area contributed by atoms with Gasteiger partial charge >= 0.3 is 5.97 Å². The van der Waals surface area contributed by atoms with Gasteiger partial charge in [0.2, 0.25) is 0 Å². The van der Waals surface area contributed by atoms with Crippen LogP contribution in [0.1, 0.15) is 39.0 Å². The molecule has 23 heavy (non-hydrogen) atoms. The average Bonchev–Trinajstić information content (AvgIpc) is 2.57. The minimum atomic E-state index is -2.03. The fraction of sp³-hybridized carbons (Fsp3) is 0.588. The maximum Gasteiger partial charge on any atom is 0.336 e. The van der Waals surface area contributed by atoms with E-state index in [4.69, 9.17) is 0 Å². The molecular formula is C17H23O4PS. The Labute approximate surface area is 142 Å². The molecule has 1 fully saturated rings. The lowest BCUT2D eigenvalue weighted by atomic mass is 9.72. The average molecular weight is 354 g/mol. The van der Waals surface area contributed by atoms with Crippen molar-refractivity contribution in [3.05, 3.63) is 30.3 Å². The van der Waals surface area contributed by atoms with E-state index in [9.17, 15) is 19.6 Å². The van der Waals surface area contributed by atoms with Crippen LogP contribution in [0.5, 0.6) is 0 Å². The van der Waals surface area contributed by atoms with Crippen molar-refractivity contribution in [2.45, 2.75) is 54.7 Å². The van der Waals surface area contributed by atoms with E-state index < -0.39 is 16.7 Å². The summed E-state index contributed by atoms with van der Waals surface area (Å²) >= 11 is 1.46. The van der Waals surface area contributed by atoms with Gasteiger partial charge in [-0.15, -0.1) is 11.8 Å². The molecule has 2 rings (SSSR count). The first-order valence-corrected chi connectivity index (χ1v) is 9.72. The summed E-state index contributed by atoms with van der Waals surface area (Å²) in [7, 11) is -0.289. The highest BCUT2D eigenvalue weighted by molar-refractivity contribution is 7.99. The first kappa shape index (κ1) is 18.4. The van der Waals surface area contributed by atoms with Gasteiger partial charge in [-0.25, -0.2) is 4.79 Å². The van der Waals surface area contributed by atoms with Crippen molar-refractivity contribution < 1.29 is 19.6 Å². The predicted octanol–water partition coefficient (Wildman–Crippen LogP) is 4.23. The minimum Gasteiger partial charge on any atom is -0.479 e. The summed E-state index contributed by atoms with van der Waals surface area (Å²) in [5.41, 5.74) is -2.03. The van der Waals surface area contributed by atoms with Crippen LogP contribution in [-0.4, -0.2) is 32.7 Å². The molecule has 0 spiro atoms. The smallest absolute Gasteiger partial charge is 0.336 e. The SMILES string of the molecule is CC(O)(C(=O)O)C(CSc1ccccc1)(P=O)C1CCCCC1. The van der Waals surface area contributed by atoms with Gasteiger partial charge in [-0.3, -0.25) is 4.57 Å². The third-order valence-electron chi connectivity index (χ3n) is 4.90. The topological polar surface area (TPSA) is 74.6 Å². The fourth-order valence-corrected chi connectivity index (χ4v) is 5.66. The van der Waals surface area contributed by atoms with Crippen molar-refractivity contribution >= 4 is 26.2 Å². The van der Waals surface area contributed by atoms with E-state index in [1.807, 2.05) is 30.3 Å². The Kier molecular flexibility index (Phi) is 6.24. The number of aliphatic carboxylic acids is 1. The van der Waals surface area contributed by atoms with Gasteiger partial charge in [0.25, 0.3) is 0 Å². The fourth-order valence-electron chi connectivity index (χ4n) is 3.32. The predicted molar refractivity (Wildman–Crippen MR) is 92.3 cm³/mol. The number of carboxylic acid groups (broad SMARTS) is 1. The lowest BCUT2D eigenvalue weighted by Gasteiger charge is -2.44. The quantitative estimate of drug-likeness (QED) is 0.566. The zero-order valence-corrected chi connectivity index (χ0v) is 15.0. The molecule has 0 aromatic heterocycles. The third kappa shape index (κ3) is 3.78. The number of hydrogen-bond acceptors (Lipinski definition) is 4. The number of benzene rings is 1. The number of carbonyl (C=O) groups is 1. The van der Waals surface area contributed by atoms with Gasteiger partial charge in [0.15, 0.2) is 14.1 Å². The summed E-state index contributed by atoms with van der Waals surface area (Å²) < 4.78 is 12.2. The second kappa shape index (κ2) is 7.78. The molecule has 2 N–H and O–H groups in total. The van der Waals surface area contributed by atoms with Crippen molar-refractivity contribution in [1.29, 1.82) is 0 Å². The van der Waals surface area contributed by atoms with Crippen LogP contribution < -0.4 is 0 Å². The van der Waals surface area contributed by atoms with Crippen LogP contribution in [0.3, 0.4) is 0 Å². The lowest BCUT2D eigenvalue weighted by Crippen LogP contribution is -2.59. The van der Waals surface area contributed by atoms with E-state index in [0.29, 0.717) is 5.75 Å². The molecule has 0 radical (unpaired) electrons. The largest absolute Gasteiger partial charge is 0.479 e. The van der Waals surface area contributed by atoms with Crippen LogP contribution in [0.25, 0.3) is 0 Å². The van der Waals surface area contributed by atoms with Gasteiger partial charge in [-0.05, 0) is 37.8 Å². The summed E-state index contributed by atoms with van der Waals surface area (Å²) in [4.78, 5) is 12.7. The van der Waals surface area contributed by atoms with E-state index in [1.165, 1.54) is 18.7 Å². The Morgan fingerprint density at radius 3 is 2.39 bits per heavy atom. The molecule has 6 heteroatoms. The number of rotatable bonds is 7. The second-order valence-corrected chi connectivity index (χ2v) is 8.36. The molecule has 0 saturated heterocycles. The number of aliphatic hydroxyl groups is 1. The van der Waals surface area contributed by atoms with Gasteiger partial charge in [-0.2, -0.15) is 0 Å². The molecule has 1 aliphatic carbocycles. The van der Waals surface area contributed by atoms with Gasteiger partial charge in [0.05, 0.1) is 0 Å². The monoisotopic (exact) mass is 354 g/mol. The van der Waals surface area contributed by atoms with Crippen molar-refractivity contribution in [2.75, 3.05) is 5.75 Å². The van der Waals surface area contributed by atoms with Gasteiger partial charge in [0.1, 0.15) is 5.16 Å². The van der Waals surface area contributed by atoms with Crippen molar-refractivity contribution in [3.63, 3.8) is 0 Å². The highest BCUT2D eigenvalue weighted by Crippen LogP contribution is 2.50. The second-order valence-electron chi connectivity index (χ2n) is 6.33. The molecule has 0 aliphatic heterocycles. The summed E-state index contributed by atoms with van der Waals surface area (Å²) in [6.07, 6.45) is 4.73.